The van der Waals surface area contributed by atoms with Crippen molar-refractivity contribution in [2.24, 2.45) is 0 Å². The summed E-state index contributed by atoms with van der Waals surface area (Å²) in [6, 6.07) is 8.56. The second-order valence-electron chi connectivity index (χ2n) is 5.92. The van der Waals surface area contributed by atoms with Gasteiger partial charge in [0.1, 0.15) is 0 Å². The number of Topliss-reactive ketones (excluding diaryl/α,β-unsaturated/α-hetero) is 1. The summed E-state index contributed by atoms with van der Waals surface area (Å²) in [4.78, 5) is 34.1. The molecule has 9 heteroatoms. The predicted octanol–water partition coefficient (Wildman–Crippen LogP) is 2.98. The zero-order valence-electron chi connectivity index (χ0n) is 16.3. The number of non-ortho nitro benzene ring substituents is 1. The van der Waals surface area contributed by atoms with Crippen LogP contribution in [0.25, 0.3) is 0 Å². The molecule has 0 aliphatic rings. The number of nitro benzene ring substituents is 1. The Balaban J connectivity index is 1.91. The molecule has 0 aromatic heterocycles. The molecule has 0 N–H and O–H groups in total. The normalized spacial score (nSPS) is 10.2. The third kappa shape index (κ3) is 5.68. The van der Waals surface area contributed by atoms with Crippen LogP contribution in [0.15, 0.2) is 36.4 Å². The first-order valence-corrected chi connectivity index (χ1v) is 8.61. The van der Waals surface area contributed by atoms with Gasteiger partial charge in [0.05, 0.1) is 26.3 Å². The minimum absolute atomic E-state index is 0.0478. The monoisotopic (exact) mass is 403 g/mol. The molecule has 0 heterocycles. The number of esters is 1. The Hall–Kier alpha value is -3.62. The largest absolute Gasteiger partial charge is 0.493 e. The van der Waals surface area contributed by atoms with Crippen molar-refractivity contribution in [1.29, 1.82) is 0 Å². The van der Waals surface area contributed by atoms with E-state index in [4.69, 9.17) is 18.9 Å². The summed E-state index contributed by atoms with van der Waals surface area (Å²) in [6.07, 6.45) is 0.396. The van der Waals surface area contributed by atoms with Crippen LogP contribution in [0.4, 0.5) is 5.69 Å². The van der Waals surface area contributed by atoms with Gasteiger partial charge in [-0.05, 0) is 36.2 Å². The SMILES string of the molecule is COc1cc(CCC(=O)OCC(=O)c2ccc([N+](=O)[O-])cc2)cc(OC)c1OC. The molecule has 29 heavy (non-hydrogen) atoms. The van der Waals surface area contributed by atoms with Crippen LogP contribution in [0.1, 0.15) is 22.3 Å². The van der Waals surface area contributed by atoms with Crippen LogP contribution in [-0.2, 0) is 16.0 Å². The number of benzene rings is 2. The Bertz CT molecular complexity index is 867. The molecule has 2 aromatic carbocycles. The maximum atomic E-state index is 12.0. The third-order valence-electron chi connectivity index (χ3n) is 4.11. The van der Waals surface area contributed by atoms with E-state index in [1.807, 2.05) is 0 Å². The lowest BCUT2D eigenvalue weighted by Gasteiger charge is -2.14. The lowest BCUT2D eigenvalue weighted by atomic mass is 10.1. The molecule has 0 fully saturated rings. The number of ether oxygens (including phenoxy) is 4. The molecule has 0 radical (unpaired) electrons. The molecule has 0 aliphatic carbocycles. The van der Waals surface area contributed by atoms with Gasteiger partial charge in [-0.1, -0.05) is 0 Å². The van der Waals surface area contributed by atoms with Gasteiger partial charge in [-0.2, -0.15) is 0 Å². The van der Waals surface area contributed by atoms with Gasteiger partial charge in [-0.25, -0.2) is 0 Å². The summed E-state index contributed by atoms with van der Waals surface area (Å²) in [5.74, 6) is 0.414. The van der Waals surface area contributed by atoms with E-state index < -0.39 is 23.3 Å². The number of carbonyl (C=O) groups excluding carboxylic acids is 2. The van der Waals surface area contributed by atoms with Gasteiger partial charge in [0, 0.05) is 24.1 Å². The maximum absolute atomic E-state index is 12.0. The lowest BCUT2D eigenvalue weighted by Crippen LogP contribution is -2.14. The average Bonchev–Trinajstić information content (AvgIpc) is 2.74. The average molecular weight is 403 g/mol. The first-order chi connectivity index (χ1) is 13.9. The smallest absolute Gasteiger partial charge is 0.306 e. The van der Waals surface area contributed by atoms with E-state index in [0.717, 1.165) is 5.56 Å². The quantitative estimate of drug-likeness (QED) is 0.257. The first-order valence-electron chi connectivity index (χ1n) is 8.61. The van der Waals surface area contributed by atoms with Crippen LogP contribution in [0.2, 0.25) is 0 Å². The Morgan fingerprint density at radius 2 is 1.55 bits per heavy atom. The fraction of sp³-hybridized carbons (Fsp3) is 0.300. The van der Waals surface area contributed by atoms with Gasteiger partial charge in [0.25, 0.3) is 5.69 Å². The van der Waals surface area contributed by atoms with E-state index in [-0.39, 0.29) is 17.7 Å². The molecule has 0 atom stereocenters. The number of carbonyl (C=O) groups is 2. The zero-order chi connectivity index (χ0) is 21.4. The third-order valence-corrected chi connectivity index (χ3v) is 4.11. The van der Waals surface area contributed by atoms with Crippen LogP contribution in [0.3, 0.4) is 0 Å². The highest BCUT2D eigenvalue weighted by atomic mass is 16.6. The van der Waals surface area contributed by atoms with Gasteiger partial charge in [0.15, 0.2) is 23.9 Å². The minimum Gasteiger partial charge on any atom is -0.493 e. The highest BCUT2D eigenvalue weighted by Crippen LogP contribution is 2.38. The van der Waals surface area contributed by atoms with E-state index in [1.165, 1.54) is 45.6 Å². The molecule has 0 spiro atoms. The van der Waals surface area contributed by atoms with Gasteiger partial charge in [-0.3, -0.25) is 19.7 Å². The summed E-state index contributed by atoms with van der Waals surface area (Å²) >= 11 is 0. The number of methoxy groups -OCH3 is 3. The summed E-state index contributed by atoms with van der Waals surface area (Å²) in [5.41, 5.74) is 0.884. The number of aryl methyl sites for hydroxylation is 1. The van der Waals surface area contributed by atoms with Gasteiger partial charge in [0.2, 0.25) is 5.75 Å². The molecule has 0 saturated carbocycles. The number of nitro groups is 1. The molecule has 9 nitrogen and oxygen atoms in total. The summed E-state index contributed by atoms with van der Waals surface area (Å²) in [5, 5.41) is 10.6. The fourth-order valence-corrected chi connectivity index (χ4v) is 2.60. The van der Waals surface area contributed by atoms with Crippen molar-refractivity contribution >= 4 is 17.4 Å². The zero-order valence-corrected chi connectivity index (χ0v) is 16.3. The van der Waals surface area contributed by atoms with Crippen molar-refractivity contribution < 1.29 is 33.5 Å². The van der Waals surface area contributed by atoms with Crippen molar-refractivity contribution in [1.82, 2.24) is 0 Å². The molecule has 0 bridgehead atoms. The minimum atomic E-state index is -0.558. The second-order valence-corrected chi connectivity index (χ2v) is 5.92. The Kier molecular flexibility index (Phi) is 7.53. The highest BCUT2D eigenvalue weighted by molar-refractivity contribution is 5.98. The molecule has 0 unspecified atom stereocenters. The summed E-state index contributed by atoms with van der Waals surface area (Å²) in [6.45, 7) is -0.439. The molecule has 0 amide bonds. The molecule has 0 saturated heterocycles. The molecule has 0 aliphatic heterocycles. The summed E-state index contributed by atoms with van der Waals surface area (Å²) < 4.78 is 20.8. The van der Waals surface area contributed by atoms with E-state index in [1.54, 1.807) is 12.1 Å². The number of rotatable bonds is 10. The summed E-state index contributed by atoms with van der Waals surface area (Å²) in [7, 11) is 4.50. The van der Waals surface area contributed by atoms with Crippen molar-refractivity contribution in [2.45, 2.75) is 12.8 Å². The number of hydrogen-bond donors (Lipinski definition) is 0. The second kappa shape index (κ2) is 10.1. The van der Waals surface area contributed by atoms with Crippen LogP contribution in [-0.4, -0.2) is 44.6 Å². The van der Waals surface area contributed by atoms with Crippen molar-refractivity contribution in [3.8, 4) is 17.2 Å². The maximum Gasteiger partial charge on any atom is 0.306 e. The molecule has 2 rings (SSSR count). The standard InChI is InChI=1S/C20H21NO8/c1-26-17-10-13(11-18(27-2)20(17)28-3)4-9-19(23)29-12-16(22)14-5-7-15(8-6-14)21(24)25/h5-8,10-11H,4,9,12H2,1-3H3. The number of hydrogen-bond acceptors (Lipinski definition) is 8. The van der Waals surface area contributed by atoms with Crippen molar-refractivity contribution in [2.75, 3.05) is 27.9 Å². The Morgan fingerprint density at radius 1 is 0.966 bits per heavy atom. The van der Waals surface area contributed by atoms with E-state index in [9.17, 15) is 19.7 Å². The van der Waals surface area contributed by atoms with Crippen LogP contribution >= 0.6 is 0 Å². The highest BCUT2D eigenvalue weighted by Gasteiger charge is 2.15. The molecular formula is C20H21NO8. The Morgan fingerprint density at radius 3 is 2.03 bits per heavy atom. The molecule has 2 aromatic rings. The topological polar surface area (TPSA) is 114 Å². The van der Waals surface area contributed by atoms with Gasteiger partial charge in [-0.15, -0.1) is 0 Å². The van der Waals surface area contributed by atoms with Crippen molar-refractivity contribution in [3.63, 3.8) is 0 Å². The van der Waals surface area contributed by atoms with E-state index >= 15 is 0 Å². The first kappa shape index (κ1) is 21.7. The number of ketones is 1. The lowest BCUT2D eigenvalue weighted by molar-refractivity contribution is -0.384. The van der Waals surface area contributed by atoms with Gasteiger partial charge < -0.3 is 18.9 Å². The van der Waals surface area contributed by atoms with Gasteiger partial charge >= 0.3 is 5.97 Å². The fourth-order valence-electron chi connectivity index (χ4n) is 2.60. The van der Waals surface area contributed by atoms with E-state index in [2.05, 4.69) is 0 Å². The predicted molar refractivity (Wildman–Crippen MR) is 103 cm³/mol. The van der Waals surface area contributed by atoms with Crippen molar-refractivity contribution in [3.05, 3.63) is 57.6 Å². The van der Waals surface area contributed by atoms with Crippen LogP contribution < -0.4 is 14.2 Å². The Labute approximate surface area is 167 Å². The molecule has 154 valence electrons. The van der Waals surface area contributed by atoms with E-state index in [0.29, 0.717) is 23.7 Å². The molecular weight excluding hydrogens is 382 g/mol. The van der Waals surface area contributed by atoms with Crippen LogP contribution in [0, 0.1) is 10.1 Å². The van der Waals surface area contributed by atoms with Crippen LogP contribution in [0.5, 0.6) is 17.2 Å². The number of nitrogens with zero attached hydrogens (tertiary/aromatic N) is 1.